The van der Waals surface area contributed by atoms with Crippen molar-refractivity contribution < 1.29 is 22.7 Å². The number of carbonyl (C=O) groups is 1. The Hall–Kier alpha value is -4.38. The van der Waals surface area contributed by atoms with E-state index in [-0.39, 0.29) is 22.4 Å². The summed E-state index contributed by atoms with van der Waals surface area (Å²) in [7, 11) is 0. The van der Waals surface area contributed by atoms with Crippen LogP contribution in [0.25, 0.3) is 22.0 Å². The Labute approximate surface area is 212 Å². The van der Waals surface area contributed by atoms with Gasteiger partial charge in [0.05, 0.1) is 23.3 Å². The van der Waals surface area contributed by atoms with Crippen molar-refractivity contribution in [2.45, 2.75) is 32.5 Å². The molecule has 8 heteroatoms. The molecule has 0 bridgehead atoms. The third-order valence-electron chi connectivity index (χ3n) is 5.89. The number of pyridine rings is 1. The molecule has 0 atom stereocenters. The van der Waals surface area contributed by atoms with Crippen LogP contribution in [0.5, 0.6) is 0 Å². The molecule has 0 radical (unpaired) electrons. The van der Waals surface area contributed by atoms with Crippen molar-refractivity contribution in [3.63, 3.8) is 0 Å². The number of esters is 1. The third-order valence-corrected chi connectivity index (χ3v) is 5.89. The standard InChI is InChI=1S/C29H24F3N3O2/c1-2-37-26(36)13-12-19-6-3-7-20(14-19)17-34-23-9-4-8-21(15-23)27-22(16-33)18-35-28-24(27)10-5-11-25(28)29(30,31)32/h3-11,14-15,18,34H,2,12-13,17H2,1H3. The van der Waals surface area contributed by atoms with Gasteiger partial charge >= 0.3 is 12.1 Å². The maximum absolute atomic E-state index is 13.6. The van der Waals surface area contributed by atoms with E-state index in [1.165, 1.54) is 12.3 Å². The summed E-state index contributed by atoms with van der Waals surface area (Å²) in [6, 6.07) is 21.0. The van der Waals surface area contributed by atoms with E-state index in [9.17, 15) is 23.2 Å². The number of nitrogens with zero attached hydrogens (tertiary/aromatic N) is 2. The highest BCUT2D eigenvalue weighted by molar-refractivity contribution is 5.99. The van der Waals surface area contributed by atoms with Gasteiger partial charge in [0.15, 0.2) is 0 Å². The fourth-order valence-corrected chi connectivity index (χ4v) is 4.21. The molecule has 0 aliphatic heterocycles. The molecule has 0 saturated heterocycles. The van der Waals surface area contributed by atoms with Crippen LogP contribution in [-0.4, -0.2) is 17.6 Å². The first kappa shape index (κ1) is 25.7. The first-order chi connectivity index (χ1) is 17.8. The second-order valence-corrected chi connectivity index (χ2v) is 8.42. The summed E-state index contributed by atoms with van der Waals surface area (Å²) >= 11 is 0. The molecule has 37 heavy (non-hydrogen) atoms. The average Bonchev–Trinajstić information content (AvgIpc) is 2.89. The van der Waals surface area contributed by atoms with Crippen LogP contribution in [0.3, 0.4) is 0 Å². The second-order valence-electron chi connectivity index (χ2n) is 8.42. The van der Waals surface area contributed by atoms with E-state index in [1.54, 1.807) is 31.2 Å². The molecule has 0 aliphatic rings. The number of fused-ring (bicyclic) bond motifs is 1. The van der Waals surface area contributed by atoms with Gasteiger partial charge in [-0.15, -0.1) is 0 Å². The molecular formula is C29H24F3N3O2. The molecule has 1 aromatic heterocycles. The zero-order chi connectivity index (χ0) is 26.4. The molecule has 1 N–H and O–H groups in total. The Bertz CT molecular complexity index is 1480. The molecule has 0 aliphatic carbocycles. The third kappa shape index (κ3) is 6.07. The van der Waals surface area contributed by atoms with Crippen LogP contribution >= 0.6 is 0 Å². The lowest BCUT2D eigenvalue weighted by atomic mass is 9.95. The molecule has 4 aromatic rings. The van der Waals surface area contributed by atoms with E-state index in [0.29, 0.717) is 37.1 Å². The quantitative estimate of drug-likeness (QED) is 0.265. The number of anilines is 1. The van der Waals surface area contributed by atoms with Gasteiger partial charge in [0.25, 0.3) is 0 Å². The largest absolute Gasteiger partial charge is 0.466 e. The van der Waals surface area contributed by atoms with E-state index in [1.807, 2.05) is 30.3 Å². The fourth-order valence-electron chi connectivity index (χ4n) is 4.21. The number of nitriles is 1. The van der Waals surface area contributed by atoms with E-state index in [0.717, 1.165) is 22.9 Å². The number of hydrogen-bond acceptors (Lipinski definition) is 5. The summed E-state index contributed by atoms with van der Waals surface area (Å²) in [5.41, 5.74) is 2.94. The van der Waals surface area contributed by atoms with E-state index >= 15 is 0 Å². The van der Waals surface area contributed by atoms with Crippen molar-refractivity contribution in [2.24, 2.45) is 0 Å². The molecule has 3 aromatic carbocycles. The number of nitrogens with one attached hydrogen (secondary N) is 1. The van der Waals surface area contributed by atoms with Crippen LogP contribution in [0.15, 0.2) is 72.9 Å². The number of halogens is 3. The second kappa shape index (κ2) is 11.1. The summed E-state index contributed by atoms with van der Waals surface area (Å²) in [6.45, 7) is 2.63. The Morgan fingerprint density at radius 2 is 1.81 bits per heavy atom. The molecular weight excluding hydrogens is 479 g/mol. The zero-order valence-corrected chi connectivity index (χ0v) is 20.1. The molecule has 5 nitrogen and oxygen atoms in total. The molecule has 0 unspecified atom stereocenters. The van der Waals surface area contributed by atoms with Gasteiger partial charge in [-0.1, -0.05) is 48.5 Å². The van der Waals surface area contributed by atoms with E-state index in [2.05, 4.69) is 16.4 Å². The van der Waals surface area contributed by atoms with Crippen molar-refractivity contribution in [2.75, 3.05) is 11.9 Å². The molecule has 4 rings (SSSR count). The summed E-state index contributed by atoms with van der Waals surface area (Å²) in [4.78, 5) is 15.6. The molecule has 0 fully saturated rings. The van der Waals surface area contributed by atoms with Crippen LogP contribution in [-0.2, 0) is 28.7 Å². The van der Waals surface area contributed by atoms with E-state index < -0.39 is 11.7 Å². The minimum absolute atomic E-state index is 0.193. The Kier molecular flexibility index (Phi) is 7.73. The number of carbonyl (C=O) groups excluding carboxylic acids is 1. The van der Waals surface area contributed by atoms with Crippen LogP contribution in [0, 0.1) is 11.3 Å². The molecule has 188 valence electrons. The zero-order valence-electron chi connectivity index (χ0n) is 20.1. The van der Waals surface area contributed by atoms with Gasteiger partial charge in [-0.2, -0.15) is 18.4 Å². The normalized spacial score (nSPS) is 11.2. The number of aryl methyl sites for hydroxylation is 1. The molecule has 1 heterocycles. The Balaban J connectivity index is 1.59. The molecule has 0 spiro atoms. The highest BCUT2D eigenvalue weighted by Crippen LogP contribution is 2.38. The van der Waals surface area contributed by atoms with Gasteiger partial charge < -0.3 is 10.1 Å². The lowest BCUT2D eigenvalue weighted by molar-refractivity contribution is -0.143. The molecule has 0 saturated carbocycles. The van der Waals surface area contributed by atoms with E-state index in [4.69, 9.17) is 4.74 Å². The average molecular weight is 504 g/mol. The van der Waals surface area contributed by atoms with Crippen molar-refractivity contribution in [3.8, 4) is 17.2 Å². The lowest BCUT2D eigenvalue weighted by Gasteiger charge is -2.15. The predicted octanol–water partition coefficient (Wildman–Crippen LogP) is 6.90. The van der Waals surface area contributed by atoms with Crippen LogP contribution in [0.2, 0.25) is 0 Å². The topological polar surface area (TPSA) is 75.0 Å². The van der Waals surface area contributed by atoms with Crippen molar-refractivity contribution in [1.29, 1.82) is 5.26 Å². The predicted molar refractivity (Wildman–Crippen MR) is 136 cm³/mol. The number of aromatic nitrogens is 1. The number of benzene rings is 3. The van der Waals surface area contributed by atoms with Gasteiger partial charge in [-0.3, -0.25) is 9.78 Å². The van der Waals surface area contributed by atoms with Crippen molar-refractivity contribution in [1.82, 2.24) is 4.98 Å². The number of alkyl halides is 3. The fraction of sp³-hybridized carbons (Fsp3) is 0.207. The van der Waals surface area contributed by atoms with Gasteiger partial charge in [0, 0.05) is 35.8 Å². The van der Waals surface area contributed by atoms with Gasteiger partial charge in [-0.25, -0.2) is 0 Å². The summed E-state index contributed by atoms with van der Waals surface area (Å²) in [5.74, 6) is -0.231. The minimum Gasteiger partial charge on any atom is -0.466 e. The number of ether oxygens (including phenoxy) is 1. The van der Waals surface area contributed by atoms with Crippen molar-refractivity contribution >= 4 is 22.6 Å². The monoisotopic (exact) mass is 503 g/mol. The highest BCUT2D eigenvalue weighted by atomic mass is 19.4. The van der Waals surface area contributed by atoms with Crippen LogP contribution in [0.1, 0.15) is 35.6 Å². The lowest BCUT2D eigenvalue weighted by Crippen LogP contribution is -2.07. The van der Waals surface area contributed by atoms with Gasteiger partial charge in [0.2, 0.25) is 0 Å². The van der Waals surface area contributed by atoms with Crippen LogP contribution in [0.4, 0.5) is 18.9 Å². The smallest absolute Gasteiger partial charge is 0.418 e. The van der Waals surface area contributed by atoms with Crippen LogP contribution < -0.4 is 5.32 Å². The van der Waals surface area contributed by atoms with Crippen molar-refractivity contribution in [3.05, 3.63) is 95.2 Å². The first-order valence-electron chi connectivity index (χ1n) is 11.8. The maximum Gasteiger partial charge on any atom is 0.418 e. The summed E-state index contributed by atoms with van der Waals surface area (Å²) in [5, 5.41) is 13.3. The Morgan fingerprint density at radius 1 is 1.05 bits per heavy atom. The minimum atomic E-state index is -4.56. The van der Waals surface area contributed by atoms with Gasteiger partial charge in [0.1, 0.15) is 6.07 Å². The summed E-state index contributed by atoms with van der Waals surface area (Å²) < 4.78 is 45.7. The van der Waals surface area contributed by atoms with Gasteiger partial charge in [-0.05, 0) is 48.2 Å². The molecule has 0 amide bonds. The maximum atomic E-state index is 13.6. The SMILES string of the molecule is CCOC(=O)CCc1cccc(CNc2cccc(-c3c(C#N)cnc4c(C(F)(F)F)cccc34)c2)c1. The summed E-state index contributed by atoms with van der Waals surface area (Å²) in [6.07, 6.45) is -2.49. The first-order valence-corrected chi connectivity index (χ1v) is 11.8. The Morgan fingerprint density at radius 3 is 2.57 bits per heavy atom. The number of hydrogen-bond donors (Lipinski definition) is 1. The highest BCUT2D eigenvalue weighted by Gasteiger charge is 2.33. The number of para-hydroxylation sites is 1. The number of rotatable bonds is 8.